The number of para-hydroxylation sites is 1. The zero-order valence-electron chi connectivity index (χ0n) is 16.0. The fraction of sp³-hybridized carbons (Fsp3) is 0.400. The van der Waals surface area contributed by atoms with Gasteiger partial charge in [0, 0.05) is 51.0 Å². The van der Waals surface area contributed by atoms with Crippen LogP contribution in [0.1, 0.15) is 23.3 Å². The van der Waals surface area contributed by atoms with Gasteiger partial charge >= 0.3 is 0 Å². The Labute approximate surface area is 172 Å². The molecule has 0 aliphatic carbocycles. The van der Waals surface area contributed by atoms with Crippen molar-refractivity contribution < 1.29 is 4.79 Å². The number of benzene rings is 1. The first-order chi connectivity index (χ1) is 14.2. The van der Waals surface area contributed by atoms with Crippen molar-refractivity contribution in [3.8, 4) is 0 Å². The molecule has 0 unspecified atom stereocenters. The van der Waals surface area contributed by atoms with E-state index < -0.39 is 5.56 Å². The summed E-state index contributed by atoms with van der Waals surface area (Å²) in [6.07, 6.45) is 2.27. The minimum absolute atomic E-state index is 0.162. The van der Waals surface area contributed by atoms with Crippen LogP contribution in [0.5, 0.6) is 0 Å². The Balaban J connectivity index is 1.39. The molecule has 4 heterocycles. The number of piperazine rings is 1. The summed E-state index contributed by atoms with van der Waals surface area (Å²) < 4.78 is 1.55. The fourth-order valence-corrected chi connectivity index (χ4v) is 4.92. The van der Waals surface area contributed by atoms with E-state index in [9.17, 15) is 9.59 Å². The summed E-state index contributed by atoms with van der Waals surface area (Å²) in [5, 5.41) is 5.44. The number of hydrogen-bond donors (Lipinski definition) is 0. The summed E-state index contributed by atoms with van der Waals surface area (Å²) in [6.45, 7) is 4.64. The van der Waals surface area contributed by atoms with E-state index in [0.717, 1.165) is 49.8 Å². The first kappa shape index (κ1) is 18.1. The lowest BCUT2D eigenvalue weighted by molar-refractivity contribution is 0.0737. The fourth-order valence-electron chi connectivity index (χ4n) is 3.96. The second kappa shape index (κ2) is 7.47. The van der Waals surface area contributed by atoms with Gasteiger partial charge in [0.15, 0.2) is 0 Å². The molecule has 8 nitrogen and oxygen atoms in total. The summed E-state index contributed by atoms with van der Waals surface area (Å²) in [5.41, 5.74) is 1.07. The highest BCUT2D eigenvalue weighted by Gasteiger charge is 2.26. The predicted octanol–water partition coefficient (Wildman–Crippen LogP) is 1.71. The Morgan fingerprint density at radius 3 is 2.38 bits per heavy atom. The average molecular weight is 411 g/mol. The van der Waals surface area contributed by atoms with Gasteiger partial charge in [0.05, 0.1) is 0 Å². The van der Waals surface area contributed by atoms with Gasteiger partial charge in [-0.15, -0.1) is 5.10 Å². The monoisotopic (exact) mass is 410 g/mol. The van der Waals surface area contributed by atoms with Crippen molar-refractivity contribution in [1.29, 1.82) is 0 Å². The molecule has 29 heavy (non-hydrogen) atoms. The van der Waals surface area contributed by atoms with Gasteiger partial charge in [0.25, 0.3) is 11.5 Å². The topological polar surface area (TPSA) is 74.0 Å². The molecule has 0 bridgehead atoms. The standard InChI is InChI=1S/C20H22N6O2S/c27-17-14-16(26-19(21-17)29-20(22-26)25-8-4-5-9-25)18(28)24-12-10-23(11-13-24)15-6-2-1-3-7-15/h1-3,6-7,14H,4-5,8-13H2. The van der Waals surface area contributed by atoms with Crippen LogP contribution in [0.15, 0.2) is 41.2 Å². The van der Waals surface area contributed by atoms with Gasteiger partial charge in [-0.1, -0.05) is 29.5 Å². The van der Waals surface area contributed by atoms with Crippen LogP contribution in [0.25, 0.3) is 4.96 Å². The lowest BCUT2D eigenvalue weighted by atomic mass is 10.2. The van der Waals surface area contributed by atoms with E-state index in [-0.39, 0.29) is 5.91 Å². The number of amides is 1. The summed E-state index contributed by atoms with van der Waals surface area (Å²) >= 11 is 1.37. The molecule has 0 N–H and O–H groups in total. The van der Waals surface area contributed by atoms with Crippen molar-refractivity contribution in [2.45, 2.75) is 12.8 Å². The molecule has 0 saturated carbocycles. The zero-order valence-corrected chi connectivity index (χ0v) is 16.8. The van der Waals surface area contributed by atoms with Crippen molar-refractivity contribution in [2.24, 2.45) is 0 Å². The Hall–Kier alpha value is -2.94. The number of nitrogens with zero attached hydrogens (tertiary/aromatic N) is 6. The van der Waals surface area contributed by atoms with Crippen LogP contribution >= 0.6 is 11.3 Å². The maximum absolute atomic E-state index is 13.2. The average Bonchev–Trinajstić information content (AvgIpc) is 3.43. The molecular weight excluding hydrogens is 388 g/mol. The van der Waals surface area contributed by atoms with Crippen LogP contribution in [0.4, 0.5) is 10.8 Å². The molecule has 5 rings (SSSR count). The third kappa shape index (κ3) is 3.46. The normalized spacial score (nSPS) is 17.3. The number of carbonyl (C=O) groups is 1. The van der Waals surface area contributed by atoms with E-state index in [1.165, 1.54) is 17.4 Å². The highest BCUT2D eigenvalue weighted by Crippen LogP contribution is 2.26. The Kier molecular flexibility index (Phi) is 4.67. The molecule has 3 aromatic rings. The minimum atomic E-state index is -0.395. The SMILES string of the molecule is O=C(c1cc(=O)nc2sc(N3CCCC3)nn12)N1CCN(c2ccccc2)CC1. The predicted molar refractivity (Wildman–Crippen MR) is 113 cm³/mol. The van der Waals surface area contributed by atoms with Gasteiger partial charge in [-0.2, -0.15) is 9.50 Å². The Bertz CT molecular complexity index is 1080. The third-order valence-electron chi connectivity index (χ3n) is 5.53. The summed E-state index contributed by atoms with van der Waals surface area (Å²) in [6, 6.07) is 11.5. The Morgan fingerprint density at radius 2 is 1.66 bits per heavy atom. The van der Waals surface area contributed by atoms with Crippen molar-refractivity contribution in [3.05, 3.63) is 52.4 Å². The van der Waals surface area contributed by atoms with Crippen LogP contribution in [0.3, 0.4) is 0 Å². The Morgan fingerprint density at radius 1 is 0.931 bits per heavy atom. The van der Waals surface area contributed by atoms with E-state index in [0.29, 0.717) is 23.7 Å². The van der Waals surface area contributed by atoms with Crippen LogP contribution in [0, 0.1) is 0 Å². The zero-order chi connectivity index (χ0) is 19.8. The molecule has 2 aromatic heterocycles. The molecule has 1 amide bonds. The number of anilines is 2. The smallest absolute Gasteiger partial charge is 0.274 e. The molecule has 2 aliphatic heterocycles. The second-order valence-corrected chi connectivity index (χ2v) is 8.30. The largest absolute Gasteiger partial charge is 0.368 e. The molecule has 2 saturated heterocycles. The van der Waals surface area contributed by atoms with Gasteiger partial charge in [0.1, 0.15) is 5.69 Å². The van der Waals surface area contributed by atoms with E-state index in [1.807, 2.05) is 18.2 Å². The summed E-state index contributed by atoms with van der Waals surface area (Å²) in [5.74, 6) is -0.162. The number of rotatable bonds is 3. The third-order valence-corrected chi connectivity index (χ3v) is 6.50. The quantitative estimate of drug-likeness (QED) is 0.655. The first-order valence-electron chi connectivity index (χ1n) is 9.94. The van der Waals surface area contributed by atoms with Crippen molar-refractivity contribution in [1.82, 2.24) is 19.5 Å². The van der Waals surface area contributed by atoms with E-state index in [2.05, 4.69) is 32.0 Å². The number of aromatic nitrogens is 3. The van der Waals surface area contributed by atoms with Crippen LogP contribution < -0.4 is 15.4 Å². The van der Waals surface area contributed by atoms with Gasteiger partial charge in [-0.05, 0) is 25.0 Å². The van der Waals surface area contributed by atoms with Crippen LogP contribution in [-0.4, -0.2) is 64.7 Å². The van der Waals surface area contributed by atoms with Crippen molar-refractivity contribution >= 4 is 33.0 Å². The van der Waals surface area contributed by atoms with E-state index >= 15 is 0 Å². The second-order valence-electron chi connectivity index (χ2n) is 7.37. The van der Waals surface area contributed by atoms with Gasteiger partial charge in [-0.25, -0.2) is 0 Å². The molecule has 2 aliphatic rings. The van der Waals surface area contributed by atoms with Gasteiger partial charge in [-0.3, -0.25) is 9.59 Å². The van der Waals surface area contributed by atoms with Crippen LogP contribution in [0.2, 0.25) is 0 Å². The number of fused-ring (bicyclic) bond motifs is 1. The molecule has 1 aromatic carbocycles. The van der Waals surface area contributed by atoms with Crippen molar-refractivity contribution in [2.75, 3.05) is 49.1 Å². The highest BCUT2D eigenvalue weighted by molar-refractivity contribution is 7.20. The summed E-state index contributed by atoms with van der Waals surface area (Å²) in [7, 11) is 0. The van der Waals surface area contributed by atoms with Gasteiger partial charge < -0.3 is 14.7 Å². The first-order valence-corrected chi connectivity index (χ1v) is 10.8. The molecule has 0 spiro atoms. The molecule has 0 atom stereocenters. The maximum atomic E-state index is 13.2. The molecule has 9 heteroatoms. The molecule has 0 radical (unpaired) electrons. The lowest BCUT2D eigenvalue weighted by Crippen LogP contribution is -2.49. The summed E-state index contributed by atoms with van der Waals surface area (Å²) in [4.78, 5) is 36.1. The highest BCUT2D eigenvalue weighted by atomic mass is 32.1. The van der Waals surface area contributed by atoms with Gasteiger partial charge in [0.2, 0.25) is 10.1 Å². The lowest BCUT2D eigenvalue weighted by Gasteiger charge is -2.36. The van der Waals surface area contributed by atoms with E-state index in [1.54, 1.807) is 9.42 Å². The van der Waals surface area contributed by atoms with Crippen molar-refractivity contribution in [3.63, 3.8) is 0 Å². The number of carbonyl (C=O) groups excluding carboxylic acids is 1. The molecule has 150 valence electrons. The minimum Gasteiger partial charge on any atom is -0.368 e. The number of hydrogen-bond acceptors (Lipinski definition) is 7. The molecular formula is C20H22N6O2S. The van der Waals surface area contributed by atoms with Crippen LogP contribution in [-0.2, 0) is 0 Å². The molecule has 2 fully saturated rings. The van der Waals surface area contributed by atoms with E-state index in [4.69, 9.17) is 0 Å². The maximum Gasteiger partial charge on any atom is 0.274 e.